The highest BCUT2D eigenvalue weighted by Gasteiger charge is 2.27. The summed E-state index contributed by atoms with van der Waals surface area (Å²) < 4.78 is 0. The van der Waals surface area contributed by atoms with Crippen LogP contribution >= 0.6 is 0 Å². The summed E-state index contributed by atoms with van der Waals surface area (Å²) in [6.45, 7) is 2.68. The van der Waals surface area contributed by atoms with Gasteiger partial charge in [0.2, 0.25) is 5.91 Å². The maximum atomic E-state index is 13.2. The first-order valence-corrected chi connectivity index (χ1v) is 11.0. The fourth-order valence-corrected chi connectivity index (χ4v) is 4.52. The predicted molar refractivity (Wildman–Crippen MR) is 115 cm³/mol. The van der Waals surface area contributed by atoms with E-state index in [2.05, 4.69) is 16.4 Å². The molecule has 3 amide bonds. The van der Waals surface area contributed by atoms with Gasteiger partial charge in [0, 0.05) is 45.0 Å². The lowest BCUT2D eigenvalue weighted by Crippen LogP contribution is -2.42. The van der Waals surface area contributed by atoms with E-state index in [1.54, 1.807) is 12.4 Å². The van der Waals surface area contributed by atoms with Crippen molar-refractivity contribution in [3.8, 4) is 0 Å². The van der Waals surface area contributed by atoms with Crippen LogP contribution in [0.2, 0.25) is 0 Å². The third kappa shape index (κ3) is 4.81. The smallest absolute Gasteiger partial charge is 0.318 e. The summed E-state index contributed by atoms with van der Waals surface area (Å²) in [6, 6.07) is 12.2. The van der Waals surface area contributed by atoms with E-state index in [-0.39, 0.29) is 18.0 Å². The molecule has 0 aliphatic carbocycles. The highest BCUT2D eigenvalue weighted by molar-refractivity contribution is 5.78. The van der Waals surface area contributed by atoms with Gasteiger partial charge in [-0.15, -0.1) is 0 Å². The van der Waals surface area contributed by atoms with E-state index < -0.39 is 0 Å². The Balaban J connectivity index is 1.44. The Morgan fingerprint density at radius 2 is 1.80 bits per heavy atom. The number of rotatable bonds is 5. The van der Waals surface area contributed by atoms with Crippen molar-refractivity contribution in [2.24, 2.45) is 0 Å². The molecular formula is C24H30N4O2. The molecule has 158 valence electrons. The van der Waals surface area contributed by atoms with Gasteiger partial charge in [0.1, 0.15) is 0 Å². The van der Waals surface area contributed by atoms with Gasteiger partial charge in [0.05, 0.1) is 6.04 Å². The van der Waals surface area contributed by atoms with Crippen molar-refractivity contribution in [3.05, 3.63) is 65.5 Å². The van der Waals surface area contributed by atoms with E-state index in [1.165, 1.54) is 0 Å². The molecular weight excluding hydrogens is 376 g/mol. The first kappa shape index (κ1) is 20.4. The van der Waals surface area contributed by atoms with Crippen molar-refractivity contribution >= 4 is 11.9 Å². The van der Waals surface area contributed by atoms with Gasteiger partial charge in [-0.05, 0) is 48.1 Å². The Bertz CT molecular complexity index is 871. The molecule has 30 heavy (non-hydrogen) atoms. The maximum absolute atomic E-state index is 13.2. The van der Waals surface area contributed by atoms with E-state index in [9.17, 15) is 9.59 Å². The summed E-state index contributed by atoms with van der Waals surface area (Å²) in [5.41, 5.74) is 3.32. The molecule has 2 aliphatic rings. The third-order valence-electron chi connectivity index (χ3n) is 6.19. The van der Waals surface area contributed by atoms with Crippen molar-refractivity contribution in [2.45, 2.75) is 57.7 Å². The molecule has 1 aromatic heterocycles. The van der Waals surface area contributed by atoms with Crippen LogP contribution in [0.5, 0.6) is 0 Å². The number of carbonyl (C=O) groups excluding carboxylic acids is 2. The molecule has 2 fully saturated rings. The summed E-state index contributed by atoms with van der Waals surface area (Å²) in [5, 5.41) is 3.14. The number of hydrogen-bond donors (Lipinski definition) is 1. The summed E-state index contributed by atoms with van der Waals surface area (Å²) >= 11 is 0. The lowest BCUT2D eigenvalue weighted by molar-refractivity contribution is -0.128. The second kappa shape index (κ2) is 9.74. The van der Waals surface area contributed by atoms with Crippen molar-refractivity contribution < 1.29 is 9.59 Å². The minimum Gasteiger partial charge on any atom is -0.338 e. The zero-order valence-corrected chi connectivity index (χ0v) is 17.4. The first-order chi connectivity index (χ1) is 14.7. The number of carbonyl (C=O) groups is 2. The molecule has 6 nitrogen and oxygen atoms in total. The highest BCUT2D eigenvalue weighted by atomic mass is 16.2. The van der Waals surface area contributed by atoms with Crippen LogP contribution in [-0.2, 0) is 17.9 Å². The van der Waals surface area contributed by atoms with E-state index in [4.69, 9.17) is 0 Å². The van der Waals surface area contributed by atoms with E-state index in [1.807, 2.05) is 40.1 Å². The van der Waals surface area contributed by atoms with Crippen molar-refractivity contribution in [3.63, 3.8) is 0 Å². The van der Waals surface area contributed by atoms with Crippen molar-refractivity contribution in [1.82, 2.24) is 20.1 Å². The summed E-state index contributed by atoms with van der Waals surface area (Å²) in [7, 11) is 0. The largest absolute Gasteiger partial charge is 0.338 e. The van der Waals surface area contributed by atoms with Crippen LogP contribution in [0.25, 0.3) is 0 Å². The molecule has 2 saturated heterocycles. The molecule has 0 saturated carbocycles. The molecule has 3 heterocycles. The van der Waals surface area contributed by atoms with E-state index >= 15 is 0 Å². The Hall–Kier alpha value is -2.89. The number of likely N-dealkylation sites (tertiary alicyclic amines) is 2. The Labute approximate surface area is 178 Å². The standard InChI is InChI=1S/C24H30N4O2/c29-23-10-6-15-27(23)18-21-8-4-3-7-20(21)17-26-24(30)28-16-5-1-2-9-22(28)19-11-13-25-14-12-19/h3-4,7-8,11-14,22H,1-2,5-6,9-10,15-18H2,(H,26,30). The van der Waals surface area contributed by atoms with Crippen molar-refractivity contribution in [1.29, 1.82) is 0 Å². The summed E-state index contributed by atoms with van der Waals surface area (Å²) in [6.07, 6.45) is 9.46. The predicted octanol–water partition coefficient (Wildman–Crippen LogP) is 4.03. The molecule has 0 radical (unpaired) electrons. The van der Waals surface area contributed by atoms with Gasteiger partial charge in [-0.1, -0.05) is 37.1 Å². The average Bonchev–Trinajstić information content (AvgIpc) is 3.02. The van der Waals surface area contributed by atoms with Crippen LogP contribution < -0.4 is 5.32 Å². The second-order valence-corrected chi connectivity index (χ2v) is 8.19. The van der Waals surface area contributed by atoms with Crippen LogP contribution in [-0.4, -0.2) is 39.8 Å². The van der Waals surface area contributed by atoms with Gasteiger partial charge in [0.15, 0.2) is 0 Å². The molecule has 1 aromatic carbocycles. The zero-order chi connectivity index (χ0) is 20.8. The lowest BCUT2D eigenvalue weighted by atomic mass is 10.0. The summed E-state index contributed by atoms with van der Waals surface area (Å²) in [4.78, 5) is 33.2. The van der Waals surface area contributed by atoms with Crippen LogP contribution in [0.4, 0.5) is 4.79 Å². The third-order valence-corrected chi connectivity index (χ3v) is 6.19. The SMILES string of the molecule is O=C1CCCN1Cc1ccccc1CNC(=O)N1CCCCCC1c1ccncc1. The summed E-state index contributed by atoms with van der Waals surface area (Å²) in [5.74, 6) is 0.221. The number of urea groups is 1. The molecule has 1 N–H and O–H groups in total. The van der Waals surface area contributed by atoms with Gasteiger partial charge in [-0.3, -0.25) is 9.78 Å². The highest BCUT2D eigenvalue weighted by Crippen LogP contribution is 2.30. The number of nitrogens with zero attached hydrogens (tertiary/aromatic N) is 3. The number of pyridine rings is 1. The zero-order valence-electron chi connectivity index (χ0n) is 17.4. The Kier molecular flexibility index (Phi) is 6.62. The topological polar surface area (TPSA) is 65.5 Å². The van der Waals surface area contributed by atoms with Gasteiger partial charge >= 0.3 is 6.03 Å². The number of nitrogens with one attached hydrogen (secondary N) is 1. The van der Waals surface area contributed by atoms with Gasteiger partial charge < -0.3 is 15.1 Å². The number of hydrogen-bond acceptors (Lipinski definition) is 3. The molecule has 1 atom stereocenters. The number of benzene rings is 1. The molecule has 2 aliphatic heterocycles. The molecule has 6 heteroatoms. The van der Waals surface area contributed by atoms with Crippen LogP contribution in [0.3, 0.4) is 0 Å². The van der Waals surface area contributed by atoms with Crippen LogP contribution in [0.15, 0.2) is 48.8 Å². The Morgan fingerprint density at radius 1 is 1.00 bits per heavy atom. The van der Waals surface area contributed by atoms with Crippen LogP contribution in [0.1, 0.15) is 61.3 Å². The maximum Gasteiger partial charge on any atom is 0.318 e. The quantitative estimate of drug-likeness (QED) is 0.815. The van der Waals surface area contributed by atoms with E-state index in [0.717, 1.165) is 61.9 Å². The van der Waals surface area contributed by atoms with Gasteiger partial charge in [-0.25, -0.2) is 4.79 Å². The van der Waals surface area contributed by atoms with Gasteiger partial charge in [-0.2, -0.15) is 0 Å². The average molecular weight is 407 g/mol. The number of amides is 3. The monoisotopic (exact) mass is 406 g/mol. The first-order valence-electron chi connectivity index (χ1n) is 11.0. The fraction of sp³-hybridized carbons (Fsp3) is 0.458. The minimum atomic E-state index is -0.0224. The van der Waals surface area contributed by atoms with E-state index in [0.29, 0.717) is 19.5 Å². The number of aromatic nitrogens is 1. The fourth-order valence-electron chi connectivity index (χ4n) is 4.52. The minimum absolute atomic E-state index is 0.0224. The molecule has 1 unspecified atom stereocenters. The van der Waals surface area contributed by atoms with Crippen molar-refractivity contribution in [2.75, 3.05) is 13.1 Å². The molecule has 4 rings (SSSR count). The second-order valence-electron chi connectivity index (χ2n) is 8.19. The molecule has 0 spiro atoms. The molecule has 2 aromatic rings. The molecule has 0 bridgehead atoms. The van der Waals surface area contributed by atoms with Gasteiger partial charge in [0.25, 0.3) is 0 Å². The Morgan fingerprint density at radius 3 is 2.57 bits per heavy atom. The lowest BCUT2D eigenvalue weighted by Gasteiger charge is -2.30. The van der Waals surface area contributed by atoms with Crippen LogP contribution in [0, 0.1) is 0 Å². The normalized spacial score (nSPS) is 19.6.